The van der Waals surface area contributed by atoms with E-state index in [1.807, 2.05) is 12.1 Å². The zero-order chi connectivity index (χ0) is 19.6. The summed E-state index contributed by atoms with van der Waals surface area (Å²) in [5.74, 6) is -0.327. The van der Waals surface area contributed by atoms with Gasteiger partial charge in [-0.1, -0.05) is 30.3 Å². The van der Waals surface area contributed by atoms with Gasteiger partial charge in [-0.2, -0.15) is 13.2 Å². The predicted octanol–water partition coefficient (Wildman–Crippen LogP) is 4.67. The molecule has 1 amide bonds. The highest BCUT2D eigenvalue weighted by Gasteiger charge is 2.22. The van der Waals surface area contributed by atoms with Crippen LogP contribution in [0.3, 0.4) is 0 Å². The van der Waals surface area contributed by atoms with Crippen LogP contribution in [0.1, 0.15) is 39.0 Å². The molecule has 0 radical (unpaired) electrons. The number of aliphatic hydroxyl groups excluding tert-OH is 1. The second-order valence-electron chi connectivity index (χ2n) is 6.74. The molecule has 0 aromatic heterocycles. The summed E-state index contributed by atoms with van der Waals surface area (Å²) in [7, 11) is 0. The lowest BCUT2D eigenvalue weighted by Gasteiger charge is -2.23. The van der Waals surface area contributed by atoms with Crippen molar-refractivity contribution >= 4 is 17.7 Å². The second kappa shape index (κ2) is 7.56. The fourth-order valence-corrected chi connectivity index (χ4v) is 3.31. The van der Waals surface area contributed by atoms with Gasteiger partial charge in [0.1, 0.15) is 0 Å². The molecule has 2 N–H and O–H groups in total. The quantitative estimate of drug-likeness (QED) is 0.819. The minimum atomic E-state index is -4.37. The van der Waals surface area contributed by atoms with Crippen molar-refractivity contribution in [3.63, 3.8) is 0 Å². The molecule has 6 heteroatoms. The standard InChI is InChI=1S/C21H20F3NO2/c1-13-11-14(9-10-21(22,23)24)5-8-17(13)20(27)25-19-4-2-3-15-6-7-16(26)12-18(15)19/h2-5,8-11,16,26H,6-7,12H2,1H3,(H,25,27)/t16-/m1/s1. The number of carbonyl (C=O) groups is 1. The second-order valence-corrected chi connectivity index (χ2v) is 6.74. The number of anilines is 1. The van der Waals surface area contributed by atoms with Crippen LogP contribution < -0.4 is 5.32 Å². The van der Waals surface area contributed by atoms with Crippen LogP contribution in [0.5, 0.6) is 0 Å². The molecule has 0 heterocycles. The van der Waals surface area contributed by atoms with E-state index in [0.29, 0.717) is 35.2 Å². The third-order valence-electron chi connectivity index (χ3n) is 4.67. The monoisotopic (exact) mass is 375 g/mol. The highest BCUT2D eigenvalue weighted by Crippen LogP contribution is 2.29. The summed E-state index contributed by atoms with van der Waals surface area (Å²) < 4.78 is 36.9. The molecule has 0 bridgehead atoms. The number of carbonyl (C=O) groups excluding carboxylic acids is 1. The summed E-state index contributed by atoms with van der Waals surface area (Å²) in [6.45, 7) is 1.68. The summed E-state index contributed by atoms with van der Waals surface area (Å²) in [5.41, 5.74) is 4.07. The molecule has 142 valence electrons. The molecular formula is C21H20F3NO2. The third kappa shape index (κ3) is 4.77. The van der Waals surface area contributed by atoms with Crippen LogP contribution >= 0.6 is 0 Å². The number of hydrogen-bond acceptors (Lipinski definition) is 2. The van der Waals surface area contributed by atoms with Gasteiger partial charge in [0.2, 0.25) is 0 Å². The molecule has 1 atom stereocenters. The number of aryl methyl sites for hydroxylation is 2. The Labute approximate surface area is 155 Å². The average Bonchev–Trinajstić information content (AvgIpc) is 2.60. The van der Waals surface area contributed by atoms with Crippen molar-refractivity contribution in [1.29, 1.82) is 0 Å². The van der Waals surface area contributed by atoms with Crippen LogP contribution in [0.4, 0.5) is 18.9 Å². The topological polar surface area (TPSA) is 49.3 Å². The van der Waals surface area contributed by atoms with Crippen molar-refractivity contribution < 1.29 is 23.1 Å². The van der Waals surface area contributed by atoms with Gasteiger partial charge in [0.15, 0.2) is 0 Å². The fraction of sp³-hybridized carbons (Fsp3) is 0.286. The first-order chi connectivity index (χ1) is 12.7. The van der Waals surface area contributed by atoms with Gasteiger partial charge in [-0.25, -0.2) is 0 Å². The molecule has 3 rings (SSSR count). The Kier molecular flexibility index (Phi) is 5.37. The highest BCUT2D eigenvalue weighted by molar-refractivity contribution is 6.05. The minimum Gasteiger partial charge on any atom is -0.393 e. The predicted molar refractivity (Wildman–Crippen MR) is 98.7 cm³/mol. The Morgan fingerprint density at radius 1 is 1.26 bits per heavy atom. The summed E-state index contributed by atoms with van der Waals surface area (Å²) in [6, 6.07) is 10.2. The molecule has 0 unspecified atom stereocenters. The van der Waals surface area contributed by atoms with Crippen LogP contribution in [0.15, 0.2) is 42.5 Å². The Balaban J connectivity index is 1.80. The van der Waals surface area contributed by atoms with Crippen molar-refractivity contribution in [2.45, 2.75) is 38.5 Å². The smallest absolute Gasteiger partial charge is 0.393 e. The Morgan fingerprint density at radius 3 is 2.74 bits per heavy atom. The number of aliphatic hydroxyl groups is 1. The number of benzene rings is 2. The van der Waals surface area contributed by atoms with Crippen LogP contribution in [0.25, 0.3) is 6.08 Å². The van der Waals surface area contributed by atoms with Crippen molar-refractivity contribution in [2.75, 3.05) is 5.32 Å². The number of amides is 1. The van der Waals surface area contributed by atoms with E-state index >= 15 is 0 Å². The van der Waals surface area contributed by atoms with E-state index in [4.69, 9.17) is 0 Å². The fourth-order valence-electron chi connectivity index (χ4n) is 3.31. The first-order valence-corrected chi connectivity index (χ1v) is 8.70. The van der Waals surface area contributed by atoms with Gasteiger partial charge in [0.25, 0.3) is 5.91 Å². The lowest BCUT2D eigenvalue weighted by atomic mass is 9.88. The maximum atomic E-state index is 12.7. The summed E-state index contributed by atoms with van der Waals surface area (Å²) in [4.78, 5) is 12.7. The summed E-state index contributed by atoms with van der Waals surface area (Å²) in [5, 5.41) is 12.8. The number of halogens is 3. The highest BCUT2D eigenvalue weighted by atomic mass is 19.4. The van der Waals surface area contributed by atoms with Crippen molar-refractivity contribution in [3.05, 3.63) is 70.3 Å². The van der Waals surface area contributed by atoms with Crippen LogP contribution in [-0.4, -0.2) is 23.3 Å². The van der Waals surface area contributed by atoms with E-state index in [0.717, 1.165) is 23.6 Å². The largest absolute Gasteiger partial charge is 0.409 e. The maximum Gasteiger partial charge on any atom is 0.409 e. The molecule has 27 heavy (non-hydrogen) atoms. The molecule has 0 spiro atoms. The van der Waals surface area contributed by atoms with Crippen LogP contribution in [-0.2, 0) is 12.8 Å². The van der Waals surface area contributed by atoms with Gasteiger partial charge in [-0.15, -0.1) is 0 Å². The van der Waals surface area contributed by atoms with Crippen molar-refractivity contribution in [2.24, 2.45) is 0 Å². The maximum absolute atomic E-state index is 12.7. The molecule has 3 nitrogen and oxygen atoms in total. The van der Waals surface area contributed by atoms with Gasteiger partial charge in [-0.3, -0.25) is 4.79 Å². The lowest BCUT2D eigenvalue weighted by molar-refractivity contribution is -0.0790. The van der Waals surface area contributed by atoms with Gasteiger partial charge in [0.05, 0.1) is 6.10 Å². The molecular weight excluding hydrogens is 355 g/mol. The van der Waals surface area contributed by atoms with Crippen molar-refractivity contribution in [3.8, 4) is 0 Å². The first kappa shape index (κ1) is 19.2. The van der Waals surface area contributed by atoms with E-state index in [1.165, 1.54) is 12.1 Å². The molecule has 0 saturated carbocycles. The van der Waals surface area contributed by atoms with E-state index in [1.54, 1.807) is 19.1 Å². The molecule has 0 aliphatic heterocycles. The number of allylic oxidation sites excluding steroid dienone is 1. The van der Waals surface area contributed by atoms with Gasteiger partial charge >= 0.3 is 6.18 Å². The summed E-state index contributed by atoms with van der Waals surface area (Å²) in [6.07, 6.45) is -1.69. The minimum absolute atomic E-state index is 0.170. The Bertz CT molecular complexity index is 887. The van der Waals surface area contributed by atoms with E-state index in [-0.39, 0.29) is 12.0 Å². The molecule has 0 saturated heterocycles. The van der Waals surface area contributed by atoms with Crippen LogP contribution in [0, 0.1) is 6.92 Å². The molecule has 1 aliphatic carbocycles. The van der Waals surface area contributed by atoms with Crippen LogP contribution in [0.2, 0.25) is 0 Å². The van der Waals surface area contributed by atoms with Gasteiger partial charge < -0.3 is 10.4 Å². The van der Waals surface area contributed by atoms with Gasteiger partial charge in [0, 0.05) is 23.7 Å². The number of nitrogens with one attached hydrogen (secondary N) is 1. The van der Waals surface area contributed by atoms with E-state index < -0.39 is 12.3 Å². The molecule has 1 aliphatic rings. The first-order valence-electron chi connectivity index (χ1n) is 8.70. The molecule has 0 fully saturated rings. The third-order valence-corrected chi connectivity index (χ3v) is 4.67. The Morgan fingerprint density at radius 2 is 2.04 bits per heavy atom. The number of rotatable bonds is 3. The van der Waals surface area contributed by atoms with E-state index in [9.17, 15) is 23.1 Å². The normalized spacial score (nSPS) is 17.0. The van der Waals surface area contributed by atoms with Gasteiger partial charge in [-0.05, 0) is 54.2 Å². The lowest BCUT2D eigenvalue weighted by Crippen LogP contribution is -2.22. The Hall–Kier alpha value is -2.60. The SMILES string of the molecule is Cc1cc(C=CC(F)(F)F)ccc1C(=O)Nc1cccc2c1C[C@H](O)CC2. The zero-order valence-corrected chi connectivity index (χ0v) is 14.8. The summed E-state index contributed by atoms with van der Waals surface area (Å²) >= 11 is 0. The number of fused-ring (bicyclic) bond motifs is 1. The van der Waals surface area contributed by atoms with Crippen molar-refractivity contribution in [1.82, 2.24) is 0 Å². The molecule has 2 aromatic carbocycles. The number of alkyl halides is 3. The van der Waals surface area contributed by atoms with E-state index in [2.05, 4.69) is 5.32 Å². The zero-order valence-electron chi connectivity index (χ0n) is 14.8. The average molecular weight is 375 g/mol. The molecule has 2 aromatic rings. The number of hydrogen-bond donors (Lipinski definition) is 2.